The van der Waals surface area contributed by atoms with Crippen LogP contribution in [0.15, 0.2) is 53.5 Å². The van der Waals surface area contributed by atoms with Crippen LogP contribution in [0.5, 0.6) is 5.75 Å². The molecule has 0 aliphatic rings. The number of benzene rings is 2. The number of likely N-dealkylation sites (N-methyl/N-ethyl adjacent to an activating group) is 1. The lowest BCUT2D eigenvalue weighted by molar-refractivity contribution is -0.119. The van der Waals surface area contributed by atoms with Crippen molar-refractivity contribution in [2.24, 2.45) is 0 Å². The van der Waals surface area contributed by atoms with Crippen LogP contribution in [0.25, 0.3) is 21.8 Å². The van der Waals surface area contributed by atoms with Gasteiger partial charge in [-0.1, -0.05) is 31.2 Å². The van der Waals surface area contributed by atoms with Crippen LogP contribution >= 0.6 is 0 Å². The number of methoxy groups -OCH3 is 1. The molecule has 4 rings (SSSR count). The van der Waals surface area contributed by atoms with Crippen LogP contribution in [-0.4, -0.2) is 34.4 Å². The summed E-state index contributed by atoms with van der Waals surface area (Å²) in [5.74, 6) is 0.344. The SMILES string of the molecule is CCCn1c2ccccc2c2cnn(CC(=O)N(C)c3cc(C)ccc3OC)c(=O)c21. The van der Waals surface area contributed by atoms with Gasteiger partial charge in [0.25, 0.3) is 5.56 Å². The van der Waals surface area contributed by atoms with Crippen LogP contribution in [0.3, 0.4) is 0 Å². The molecule has 0 aliphatic carbocycles. The molecule has 0 saturated heterocycles. The lowest BCUT2D eigenvalue weighted by atomic mass is 10.2. The largest absolute Gasteiger partial charge is 0.495 e. The third-order valence-corrected chi connectivity index (χ3v) is 5.58. The fourth-order valence-electron chi connectivity index (χ4n) is 3.99. The Hall–Kier alpha value is -3.61. The van der Waals surface area contributed by atoms with Crippen LogP contribution in [0.1, 0.15) is 18.9 Å². The molecule has 7 heteroatoms. The molecule has 2 heterocycles. The van der Waals surface area contributed by atoms with Gasteiger partial charge in [0.2, 0.25) is 5.91 Å². The summed E-state index contributed by atoms with van der Waals surface area (Å²) in [4.78, 5) is 27.9. The minimum atomic E-state index is -0.264. The molecular formula is C24H26N4O3. The molecule has 0 atom stereocenters. The number of aryl methyl sites for hydroxylation is 2. The third-order valence-electron chi connectivity index (χ3n) is 5.58. The van der Waals surface area contributed by atoms with Crippen LogP contribution in [0, 0.1) is 6.92 Å². The normalized spacial score (nSPS) is 11.2. The van der Waals surface area contributed by atoms with Gasteiger partial charge >= 0.3 is 0 Å². The van der Waals surface area contributed by atoms with Crippen molar-refractivity contribution in [1.29, 1.82) is 0 Å². The number of hydrogen-bond donors (Lipinski definition) is 0. The minimum Gasteiger partial charge on any atom is -0.495 e. The summed E-state index contributed by atoms with van der Waals surface area (Å²) in [6.07, 6.45) is 2.58. The van der Waals surface area contributed by atoms with E-state index in [9.17, 15) is 9.59 Å². The number of nitrogens with zero attached hydrogens (tertiary/aromatic N) is 4. The summed E-state index contributed by atoms with van der Waals surface area (Å²) >= 11 is 0. The number of rotatable bonds is 6. The van der Waals surface area contributed by atoms with E-state index in [-0.39, 0.29) is 18.0 Å². The van der Waals surface area contributed by atoms with E-state index in [0.29, 0.717) is 17.0 Å². The molecule has 0 N–H and O–H groups in total. The average Bonchev–Trinajstić information content (AvgIpc) is 3.09. The highest BCUT2D eigenvalue weighted by atomic mass is 16.5. The molecule has 0 saturated carbocycles. The van der Waals surface area contributed by atoms with Crippen molar-refractivity contribution in [3.63, 3.8) is 0 Å². The van der Waals surface area contributed by atoms with Crippen molar-refractivity contribution >= 4 is 33.4 Å². The second-order valence-corrected chi connectivity index (χ2v) is 7.67. The number of ether oxygens (including phenoxy) is 1. The van der Waals surface area contributed by atoms with Crippen molar-refractivity contribution in [1.82, 2.24) is 14.3 Å². The highest BCUT2D eigenvalue weighted by molar-refractivity contribution is 6.07. The fourth-order valence-corrected chi connectivity index (χ4v) is 3.99. The van der Waals surface area contributed by atoms with Gasteiger partial charge in [0.1, 0.15) is 17.8 Å². The van der Waals surface area contributed by atoms with E-state index in [0.717, 1.165) is 34.8 Å². The predicted octanol–water partition coefficient (Wildman–Crippen LogP) is 3.74. The number of anilines is 1. The number of aromatic nitrogens is 3. The molecule has 4 aromatic rings. The molecule has 2 aromatic heterocycles. The Bertz CT molecular complexity index is 1340. The molecule has 2 aromatic carbocycles. The van der Waals surface area contributed by atoms with E-state index in [2.05, 4.69) is 12.0 Å². The van der Waals surface area contributed by atoms with Crippen molar-refractivity contribution in [3.05, 3.63) is 64.6 Å². The first-order valence-corrected chi connectivity index (χ1v) is 10.3. The number of para-hydroxylation sites is 1. The molecule has 1 amide bonds. The summed E-state index contributed by atoms with van der Waals surface area (Å²) in [6.45, 7) is 4.59. The van der Waals surface area contributed by atoms with Crippen LogP contribution in [-0.2, 0) is 17.9 Å². The van der Waals surface area contributed by atoms with Gasteiger partial charge in [-0.25, -0.2) is 4.68 Å². The maximum absolute atomic E-state index is 13.3. The molecule has 0 bridgehead atoms. The summed E-state index contributed by atoms with van der Waals surface area (Å²) in [7, 11) is 3.25. The van der Waals surface area contributed by atoms with E-state index in [1.807, 2.05) is 54.0 Å². The second kappa shape index (κ2) is 8.26. The van der Waals surface area contributed by atoms with E-state index in [4.69, 9.17) is 4.74 Å². The van der Waals surface area contributed by atoms with Gasteiger partial charge in [-0.05, 0) is 37.1 Å². The molecule has 0 radical (unpaired) electrons. The minimum absolute atomic E-state index is 0.157. The number of carbonyl (C=O) groups excluding carboxylic acids is 1. The molecule has 0 spiro atoms. The molecule has 31 heavy (non-hydrogen) atoms. The van der Waals surface area contributed by atoms with Crippen LogP contribution < -0.4 is 15.2 Å². The summed E-state index contributed by atoms with van der Waals surface area (Å²) in [5.41, 5.74) is 2.99. The third kappa shape index (κ3) is 3.56. The van der Waals surface area contributed by atoms with Crippen molar-refractivity contribution in [2.45, 2.75) is 33.4 Å². The number of carbonyl (C=O) groups is 1. The van der Waals surface area contributed by atoms with Crippen LogP contribution in [0.4, 0.5) is 5.69 Å². The van der Waals surface area contributed by atoms with Crippen LogP contribution in [0.2, 0.25) is 0 Å². The maximum atomic E-state index is 13.3. The summed E-state index contributed by atoms with van der Waals surface area (Å²) < 4.78 is 8.67. The topological polar surface area (TPSA) is 69.4 Å². The Morgan fingerprint density at radius 1 is 1.16 bits per heavy atom. The standard InChI is InChI=1S/C24H26N4O3/c1-5-12-27-19-9-7-6-8-17(19)18-14-25-28(24(30)23(18)27)15-22(29)26(3)20-13-16(2)10-11-21(20)31-4/h6-11,13-14H,5,12,15H2,1-4H3. The molecule has 160 valence electrons. The Balaban J connectivity index is 1.76. The Labute approximate surface area is 180 Å². The summed E-state index contributed by atoms with van der Waals surface area (Å²) in [6, 6.07) is 13.6. The lowest BCUT2D eigenvalue weighted by Gasteiger charge is -2.20. The van der Waals surface area contributed by atoms with Crippen molar-refractivity contribution in [2.75, 3.05) is 19.1 Å². The Morgan fingerprint density at radius 2 is 1.94 bits per heavy atom. The molecular weight excluding hydrogens is 392 g/mol. The predicted molar refractivity (Wildman–Crippen MR) is 123 cm³/mol. The Kier molecular flexibility index (Phi) is 5.50. The monoisotopic (exact) mass is 418 g/mol. The van der Waals surface area contributed by atoms with Crippen molar-refractivity contribution < 1.29 is 9.53 Å². The lowest BCUT2D eigenvalue weighted by Crippen LogP contribution is -2.35. The average molecular weight is 418 g/mol. The zero-order valence-corrected chi connectivity index (χ0v) is 18.3. The number of amides is 1. The van der Waals surface area contributed by atoms with Gasteiger partial charge in [0.15, 0.2) is 0 Å². The van der Waals surface area contributed by atoms with Gasteiger partial charge in [-0.2, -0.15) is 5.10 Å². The number of fused-ring (bicyclic) bond motifs is 3. The quantitative estimate of drug-likeness (QED) is 0.478. The van der Waals surface area contributed by atoms with E-state index in [1.54, 1.807) is 20.4 Å². The molecule has 0 aliphatic heterocycles. The zero-order valence-electron chi connectivity index (χ0n) is 18.3. The summed E-state index contributed by atoms with van der Waals surface area (Å²) in [5, 5.41) is 6.13. The fraction of sp³-hybridized carbons (Fsp3) is 0.292. The second-order valence-electron chi connectivity index (χ2n) is 7.67. The van der Waals surface area contributed by atoms with E-state index >= 15 is 0 Å². The molecule has 0 unspecified atom stereocenters. The number of hydrogen-bond acceptors (Lipinski definition) is 4. The van der Waals surface area contributed by atoms with Gasteiger partial charge in [-0.3, -0.25) is 9.59 Å². The highest BCUT2D eigenvalue weighted by Gasteiger charge is 2.20. The first kappa shape index (κ1) is 20.7. The zero-order chi connectivity index (χ0) is 22.1. The maximum Gasteiger partial charge on any atom is 0.291 e. The van der Waals surface area contributed by atoms with Crippen molar-refractivity contribution in [3.8, 4) is 5.75 Å². The molecule has 7 nitrogen and oxygen atoms in total. The van der Waals surface area contributed by atoms with Gasteiger partial charge in [-0.15, -0.1) is 0 Å². The Morgan fingerprint density at radius 3 is 2.68 bits per heavy atom. The first-order valence-electron chi connectivity index (χ1n) is 10.3. The van der Waals surface area contributed by atoms with Gasteiger partial charge < -0.3 is 14.2 Å². The van der Waals surface area contributed by atoms with Gasteiger partial charge in [0, 0.05) is 29.9 Å². The van der Waals surface area contributed by atoms with E-state index in [1.165, 1.54) is 9.58 Å². The highest BCUT2D eigenvalue weighted by Crippen LogP contribution is 2.29. The first-order chi connectivity index (χ1) is 15.0. The van der Waals surface area contributed by atoms with Gasteiger partial charge in [0.05, 0.1) is 19.0 Å². The van der Waals surface area contributed by atoms with E-state index < -0.39 is 0 Å². The molecule has 0 fully saturated rings. The smallest absolute Gasteiger partial charge is 0.291 e.